The van der Waals surface area contributed by atoms with E-state index in [0.29, 0.717) is 5.69 Å². The van der Waals surface area contributed by atoms with Crippen LogP contribution in [-0.4, -0.2) is 19.1 Å². The summed E-state index contributed by atoms with van der Waals surface area (Å²) in [6.45, 7) is 2.29. The summed E-state index contributed by atoms with van der Waals surface area (Å²) in [4.78, 5) is -0.176. The van der Waals surface area contributed by atoms with Crippen LogP contribution in [0, 0.1) is 0 Å². The second-order valence-electron chi connectivity index (χ2n) is 10.9. The number of benzene rings is 1. The van der Waals surface area contributed by atoms with Gasteiger partial charge in [0.05, 0.1) is 22.4 Å². The van der Waals surface area contributed by atoms with Crippen molar-refractivity contribution in [2.75, 3.05) is 10.6 Å². The van der Waals surface area contributed by atoms with Gasteiger partial charge in [-0.2, -0.15) is 0 Å². The van der Waals surface area contributed by atoms with Gasteiger partial charge in [-0.05, 0) is 31.0 Å². The summed E-state index contributed by atoms with van der Waals surface area (Å²) in [5.74, 6) is 0. The van der Waals surface area contributed by atoms with Gasteiger partial charge in [-0.3, -0.25) is 0 Å². The Bertz CT molecular complexity index is 804. The van der Waals surface area contributed by atoms with Gasteiger partial charge in [-0.15, -0.1) is 0 Å². The third-order valence-corrected chi connectivity index (χ3v) is 8.37. The monoisotopic (exact) mass is 544 g/mol. The van der Waals surface area contributed by atoms with Crippen molar-refractivity contribution in [3.8, 4) is 0 Å². The molecule has 1 aromatic rings. The fourth-order valence-electron chi connectivity index (χ4n) is 5.26. The molecule has 0 saturated heterocycles. The molecule has 1 aliphatic rings. The van der Waals surface area contributed by atoms with Crippen LogP contribution in [-0.2, 0) is 10.1 Å². The van der Waals surface area contributed by atoms with Crippen molar-refractivity contribution >= 4 is 21.5 Å². The molecular weight excluding hydrogens is 491 g/mol. The van der Waals surface area contributed by atoms with Crippen molar-refractivity contribution in [1.82, 2.24) is 0 Å². The Morgan fingerprint density at radius 2 is 1.00 bits per heavy atom. The van der Waals surface area contributed by atoms with Crippen molar-refractivity contribution in [2.24, 2.45) is 0 Å². The molecule has 1 aromatic carbocycles. The van der Waals surface area contributed by atoms with Crippen LogP contribution in [0.3, 0.4) is 0 Å². The first-order chi connectivity index (χ1) is 17.5. The number of hydrogen-bond acceptors (Lipinski definition) is 5. The van der Waals surface area contributed by atoms with E-state index >= 15 is 0 Å². The van der Waals surface area contributed by atoms with Crippen LogP contribution in [0.1, 0.15) is 148 Å². The van der Waals surface area contributed by atoms with Crippen LogP contribution in [0.2, 0.25) is 0 Å². The molecular formula is C30H53N2NaO3S. The number of anilines is 2. The average Bonchev–Trinajstić information content (AvgIpc) is 3.26. The molecule has 1 atom stereocenters. The first kappa shape index (κ1) is 34.8. The van der Waals surface area contributed by atoms with Gasteiger partial charge < -0.3 is 15.2 Å². The molecule has 0 spiro atoms. The maximum Gasteiger partial charge on any atom is 1.00 e. The Labute approximate surface area is 250 Å². The minimum Gasteiger partial charge on any atom is -0.744 e. The topological polar surface area (TPSA) is 81.3 Å². The molecule has 7 heteroatoms. The van der Waals surface area contributed by atoms with Gasteiger partial charge >= 0.3 is 29.6 Å². The van der Waals surface area contributed by atoms with E-state index in [9.17, 15) is 13.0 Å². The van der Waals surface area contributed by atoms with Crippen molar-refractivity contribution in [2.45, 2.75) is 159 Å². The minimum atomic E-state index is -4.41. The molecule has 0 fully saturated rings. The molecule has 1 unspecified atom stereocenters. The Morgan fingerprint density at radius 3 is 1.41 bits per heavy atom. The average molecular weight is 545 g/mol. The molecule has 0 amide bonds. The molecule has 0 radical (unpaired) electrons. The summed E-state index contributed by atoms with van der Waals surface area (Å²) in [6, 6.07) is 4.48. The van der Waals surface area contributed by atoms with Gasteiger partial charge in [0.2, 0.25) is 0 Å². The van der Waals surface area contributed by atoms with Crippen molar-refractivity contribution in [1.29, 1.82) is 0 Å². The Kier molecular flexibility index (Phi) is 20.2. The molecule has 2 rings (SSSR count). The zero-order valence-corrected chi connectivity index (χ0v) is 26.8. The summed E-state index contributed by atoms with van der Waals surface area (Å²) in [5.41, 5.74) is 1.58. The number of fused-ring (bicyclic) bond motifs is 1. The number of rotatable bonds is 23. The predicted molar refractivity (Wildman–Crippen MR) is 153 cm³/mol. The van der Waals surface area contributed by atoms with Crippen molar-refractivity contribution in [3.05, 3.63) is 18.2 Å². The van der Waals surface area contributed by atoms with E-state index in [4.69, 9.17) is 0 Å². The minimum absolute atomic E-state index is 0. The van der Waals surface area contributed by atoms with Crippen LogP contribution in [0.25, 0.3) is 0 Å². The normalized spacial score (nSPS) is 14.6. The van der Waals surface area contributed by atoms with Crippen LogP contribution >= 0.6 is 0 Å². The van der Waals surface area contributed by atoms with E-state index < -0.39 is 10.1 Å². The van der Waals surface area contributed by atoms with Gasteiger partial charge in [0.1, 0.15) is 10.1 Å². The summed E-state index contributed by atoms with van der Waals surface area (Å²) in [5, 5.41) is 6.66. The fourth-order valence-corrected chi connectivity index (χ4v) is 5.76. The molecule has 208 valence electrons. The standard InChI is InChI=1S/C30H54N2O3S.Na/c1-2-3-4-5-6-7-8-9-10-11-12-13-14-15-16-17-18-19-20-21-22-23-30-31-28-25-24-27(36(33,34)35)26-29(28)32-30;/h24-26,30-32H,2-23H2,1H3,(H,33,34,35);/q;+1/p-1. The van der Waals surface area contributed by atoms with E-state index in [1.807, 2.05) is 0 Å². The van der Waals surface area contributed by atoms with Crippen LogP contribution < -0.4 is 40.2 Å². The molecule has 37 heavy (non-hydrogen) atoms. The molecule has 1 heterocycles. The van der Waals surface area contributed by atoms with Crippen LogP contribution in [0.4, 0.5) is 11.4 Å². The largest absolute Gasteiger partial charge is 1.00 e. The van der Waals surface area contributed by atoms with Gasteiger partial charge in [-0.1, -0.05) is 135 Å². The van der Waals surface area contributed by atoms with E-state index in [1.165, 1.54) is 141 Å². The quantitative estimate of drug-likeness (QED) is 0.0952. The first-order valence-corrected chi connectivity index (χ1v) is 16.5. The Morgan fingerprint density at radius 1 is 0.622 bits per heavy atom. The third-order valence-electron chi connectivity index (χ3n) is 7.54. The second-order valence-corrected chi connectivity index (χ2v) is 12.2. The fraction of sp³-hybridized carbons (Fsp3) is 0.800. The number of unbranched alkanes of at least 4 members (excludes halogenated alkanes) is 20. The molecule has 0 aromatic heterocycles. The van der Waals surface area contributed by atoms with Gasteiger partial charge in [-0.25, -0.2) is 8.42 Å². The maximum absolute atomic E-state index is 11.2. The van der Waals surface area contributed by atoms with Crippen LogP contribution in [0.15, 0.2) is 23.1 Å². The van der Waals surface area contributed by atoms with Crippen molar-refractivity contribution in [3.63, 3.8) is 0 Å². The summed E-state index contributed by atoms with van der Waals surface area (Å²) in [7, 11) is -4.41. The van der Waals surface area contributed by atoms with E-state index in [2.05, 4.69) is 17.6 Å². The Balaban J connectivity index is 0.00000684. The third kappa shape index (κ3) is 16.4. The number of hydrogen-bond donors (Lipinski definition) is 2. The molecule has 1 aliphatic heterocycles. The molecule has 2 N–H and O–H groups in total. The van der Waals surface area contributed by atoms with E-state index in [-0.39, 0.29) is 40.6 Å². The Hall–Kier alpha value is -0.270. The number of nitrogens with one attached hydrogen (secondary N) is 2. The smallest absolute Gasteiger partial charge is 0.744 e. The molecule has 0 aliphatic carbocycles. The van der Waals surface area contributed by atoms with Gasteiger partial charge in [0.25, 0.3) is 0 Å². The van der Waals surface area contributed by atoms with Crippen LogP contribution in [0.5, 0.6) is 0 Å². The van der Waals surface area contributed by atoms with Crippen molar-refractivity contribution < 1.29 is 42.5 Å². The summed E-state index contributed by atoms with van der Waals surface area (Å²) in [6.07, 6.45) is 30.3. The first-order valence-electron chi connectivity index (χ1n) is 15.1. The van der Waals surface area contributed by atoms with E-state index in [1.54, 1.807) is 6.07 Å². The SMILES string of the molecule is CCCCCCCCCCCCCCCCCCCCCCCC1Nc2ccc(S(=O)(=O)[O-])cc2N1.[Na+]. The summed E-state index contributed by atoms with van der Waals surface area (Å²) >= 11 is 0. The zero-order chi connectivity index (χ0) is 25.9. The second kappa shape index (κ2) is 21.5. The van der Waals surface area contributed by atoms with E-state index in [0.717, 1.165) is 18.5 Å². The van der Waals surface area contributed by atoms with Gasteiger partial charge in [0.15, 0.2) is 0 Å². The maximum atomic E-state index is 11.2. The predicted octanol–water partition coefficient (Wildman–Crippen LogP) is 6.36. The summed E-state index contributed by atoms with van der Waals surface area (Å²) < 4.78 is 33.6. The van der Waals surface area contributed by atoms with Gasteiger partial charge in [0, 0.05) is 0 Å². The molecule has 0 saturated carbocycles. The zero-order valence-electron chi connectivity index (χ0n) is 24.0. The molecule has 5 nitrogen and oxygen atoms in total. The molecule has 0 bridgehead atoms.